The Hall–Kier alpha value is -1.19. The first-order valence-corrected chi connectivity index (χ1v) is 7.70. The number of aromatic nitrogens is 1. The molecule has 0 radical (unpaired) electrons. The van der Waals surface area contributed by atoms with Crippen LogP contribution in [0.2, 0.25) is 0 Å². The lowest BCUT2D eigenvalue weighted by atomic mass is 10.0. The second-order valence-corrected chi connectivity index (χ2v) is 6.04. The molecule has 2 aromatic rings. The molecule has 0 fully saturated rings. The van der Waals surface area contributed by atoms with E-state index in [9.17, 15) is 4.39 Å². The Bertz CT molecular complexity index is 697. The summed E-state index contributed by atoms with van der Waals surface area (Å²) in [6, 6.07) is 7.25. The number of hydrogen-bond acceptors (Lipinski definition) is 1. The van der Waals surface area contributed by atoms with E-state index in [0.717, 1.165) is 33.3 Å². The number of alkyl halides is 1. The molecule has 0 aliphatic heterocycles. The van der Waals surface area contributed by atoms with Gasteiger partial charge in [-0.25, -0.2) is 4.39 Å². The fourth-order valence-corrected chi connectivity index (χ4v) is 3.05. The van der Waals surface area contributed by atoms with E-state index in [4.69, 9.17) is 11.6 Å². The summed E-state index contributed by atoms with van der Waals surface area (Å²) in [4.78, 5) is 4.43. The highest BCUT2D eigenvalue weighted by Gasteiger charge is 2.19. The van der Waals surface area contributed by atoms with E-state index >= 15 is 0 Å². The lowest BCUT2D eigenvalue weighted by Crippen LogP contribution is -1.99. The van der Waals surface area contributed by atoms with Crippen molar-refractivity contribution in [1.29, 1.82) is 0 Å². The summed E-state index contributed by atoms with van der Waals surface area (Å²) in [5.74, 6) is 0.357. The molecule has 1 aliphatic rings. The van der Waals surface area contributed by atoms with E-state index < -0.39 is 0 Å². The molecule has 0 amide bonds. The smallest absolute Gasteiger partial charge is 0.130 e. The van der Waals surface area contributed by atoms with Gasteiger partial charge in [-0.3, -0.25) is 4.98 Å². The van der Waals surface area contributed by atoms with Crippen LogP contribution < -0.4 is 0 Å². The van der Waals surface area contributed by atoms with Crippen molar-refractivity contribution < 1.29 is 4.39 Å². The van der Waals surface area contributed by atoms with Gasteiger partial charge in [-0.15, -0.1) is 11.6 Å². The van der Waals surface area contributed by atoms with Crippen molar-refractivity contribution in [3.63, 3.8) is 0 Å². The molecule has 0 unspecified atom stereocenters. The molecular weight excluding hydrogens is 341 g/mol. The summed E-state index contributed by atoms with van der Waals surface area (Å²) in [7, 11) is 0. The van der Waals surface area contributed by atoms with Crippen molar-refractivity contribution in [1.82, 2.24) is 4.98 Å². The summed E-state index contributed by atoms with van der Waals surface area (Å²) in [5.41, 5.74) is 4.83. The van der Waals surface area contributed by atoms with Gasteiger partial charge in [0, 0.05) is 39.8 Å². The minimum atomic E-state index is -0.167. The Labute approximate surface area is 130 Å². The zero-order chi connectivity index (χ0) is 14.1. The molecule has 3 rings (SSSR count). The molecule has 0 atom stereocenters. The molecule has 1 aromatic heterocycles. The minimum absolute atomic E-state index is 0.167. The molecule has 1 aromatic carbocycles. The van der Waals surface area contributed by atoms with Crippen LogP contribution in [-0.2, 0) is 12.8 Å². The number of benzene rings is 1. The van der Waals surface area contributed by atoms with Crippen molar-refractivity contribution >= 4 is 39.2 Å². The number of pyridine rings is 1. The van der Waals surface area contributed by atoms with Gasteiger partial charge >= 0.3 is 0 Å². The Morgan fingerprint density at radius 2 is 2.20 bits per heavy atom. The normalized spacial score (nSPS) is 13.2. The average molecular weight is 353 g/mol. The third kappa shape index (κ3) is 2.52. The minimum Gasteiger partial charge on any atom is -0.259 e. The Morgan fingerprint density at radius 3 is 2.95 bits per heavy atom. The fourth-order valence-electron chi connectivity index (χ4n) is 2.54. The third-order valence-corrected chi connectivity index (χ3v) is 4.08. The van der Waals surface area contributed by atoms with E-state index in [1.807, 2.05) is 18.2 Å². The van der Waals surface area contributed by atoms with E-state index in [0.29, 0.717) is 17.9 Å². The Kier molecular flexibility index (Phi) is 3.90. The van der Waals surface area contributed by atoms with Crippen molar-refractivity contribution in [2.75, 3.05) is 5.88 Å². The predicted molar refractivity (Wildman–Crippen MR) is 84.3 cm³/mol. The number of hydrogen-bond donors (Lipinski definition) is 0. The SMILES string of the molecule is Fc1cccc2c1C=C(c1cc(Br)cnc1CCCl)C2. The molecule has 1 heterocycles. The summed E-state index contributed by atoms with van der Waals surface area (Å²) in [5, 5.41) is 0. The van der Waals surface area contributed by atoms with Gasteiger partial charge in [-0.05, 0) is 51.7 Å². The largest absolute Gasteiger partial charge is 0.259 e. The van der Waals surface area contributed by atoms with E-state index in [-0.39, 0.29) is 5.82 Å². The zero-order valence-electron chi connectivity index (χ0n) is 10.7. The van der Waals surface area contributed by atoms with Crippen molar-refractivity contribution in [2.24, 2.45) is 0 Å². The van der Waals surface area contributed by atoms with Gasteiger partial charge in [-0.1, -0.05) is 12.1 Å². The van der Waals surface area contributed by atoms with Gasteiger partial charge in [-0.2, -0.15) is 0 Å². The fraction of sp³-hybridized carbons (Fsp3) is 0.188. The molecule has 102 valence electrons. The van der Waals surface area contributed by atoms with Crippen LogP contribution in [-0.4, -0.2) is 10.9 Å². The van der Waals surface area contributed by atoms with E-state index in [1.54, 1.807) is 12.3 Å². The zero-order valence-corrected chi connectivity index (χ0v) is 13.0. The van der Waals surface area contributed by atoms with Crippen LogP contribution in [0.25, 0.3) is 11.6 Å². The van der Waals surface area contributed by atoms with Crippen LogP contribution in [0.15, 0.2) is 34.9 Å². The highest BCUT2D eigenvalue weighted by atomic mass is 79.9. The lowest BCUT2D eigenvalue weighted by Gasteiger charge is -2.09. The number of fused-ring (bicyclic) bond motifs is 1. The van der Waals surface area contributed by atoms with E-state index in [2.05, 4.69) is 20.9 Å². The van der Waals surface area contributed by atoms with Gasteiger partial charge in [0.05, 0.1) is 0 Å². The van der Waals surface area contributed by atoms with Crippen LogP contribution in [0.1, 0.15) is 22.4 Å². The molecule has 0 bridgehead atoms. The summed E-state index contributed by atoms with van der Waals surface area (Å²) in [6.07, 6.45) is 5.14. The monoisotopic (exact) mass is 351 g/mol. The summed E-state index contributed by atoms with van der Waals surface area (Å²) in [6.45, 7) is 0. The highest BCUT2D eigenvalue weighted by Crippen LogP contribution is 2.35. The molecule has 0 spiro atoms. The molecule has 0 N–H and O–H groups in total. The number of aryl methyl sites for hydroxylation is 1. The van der Waals surface area contributed by atoms with Crippen molar-refractivity contribution in [3.05, 3.63) is 63.1 Å². The molecular formula is C16H12BrClFN. The van der Waals surface area contributed by atoms with Crippen LogP contribution in [0.4, 0.5) is 4.39 Å². The maximum atomic E-state index is 13.8. The van der Waals surface area contributed by atoms with E-state index in [1.165, 1.54) is 6.07 Å². The molecule has 1 aliphatic carbocycles. The Balaban J connectivity index is 2.06. The number of allylic oxidation sites excluding steroid dienone is 1. The molecule has 1 nitrogen and oxygen atoms in total. The topological polar surface area (TPSA) is 12.9 Å². The number of rotatable bonds is 3. The Morgan fingerprint density at radius 1 is 1.35 bits per heavy atom. The number of nitrogens with zero attached hydrogens (tertiary/aromatic N) is 1. The van der Waals surface area contributed by atoms with Gasteiger partial charge in [0.1, 0.15) is 5.82 Å². The van der Waals surface area contributed by atoms with Gasteiger partial charge < -0.3 is 0 Å². The molecule has 4 heteroatoms. The van der Waals surface area contributed by atoms with Crippen LogP contribution in [0.3, 0.4) is 0 Å². The standard InChI is InChI=1S/C16H12BrClFN/c17-12-8-14(16(4-5-18)20-9-12)11-6-10-2-1-3-15(19)13(10)7-11/h1-3,7-9H,4-6H2. The van der Waals surface area contributed by atoms with Crippen LogP contribution in [0.5, 0.6) is 0 Å². The van der Waals surface area contributed by atoms with Crippen molar-refractivity contribution in [2.45, 2.75) is 12.8 Å². The van der Waals surface area contributed by atoms with Crippen LogP contribution in [0, 0.1) is 5.82 Å². The van der Waals surface area contributed by atoms with Crippen LogP contribution >= 0.6 is 27.5 Å². The molecule has 20 heavy (non-hydrogen) atoms. The first kappa shape index (κ1) is 13.8. The number of halogens is 3. The van der Waals surface area contributed by atoms with Gasteiger partial charge in [0.2, 0.25) is 0 Å². The van der Waals surface area contributed by atoms with Crippen molar-refractivity contribution in [3.8, 4) is 0 Å². The maximum absolute atomic E-state index is 13.8. The maximum Gasteiger partial charge on any atom is 0.130 e. The molecule has 0 saturated carbocycles. The lowest BCUT2D eigenvalue weighted by molar-refractivity contribution is 0.624. The van der Waals surface area contributed by atoms with Gasteiger partial charge in [0.15, 0.2) is 0 Å². The molecule has 0 saturated heterocycles. The summed E-state index contributed by atoms with van der Waals surface area (Å²) < 4.78 is 14.7. The average Bonchev–Trinajstić information content (AvgIpc) is 2.86. The first-order valence-electron chi connectivity index (χ1n) is 6.38. The second kappa shape index (κ2) is 5.66. The quantitative estimate of drug-likeness (QED) is 0.719. The predicted octanol–water partition coefficient (Wildman–Crippen LogP) is 4.86. The summed E-state index contributed by atoms with van der Waals surface area (Å²) >= 11 is 9.29. The third-order valence-electron chi connectivity index (χ3n) is 3.46. The first-order chi connectivity index (χ1) is 9.69. The highest BCUT2D eigenvalue weighted by molar-refractivity contribution is 9.10. The second-order valence-electron chi connectivity index (χ2n) is 4.75. The van der Waals surface area contributed by atoms with Gasteiger partial charge in [0.25, 0.3) is 0 Å².